The monoisotopic (exact) mass is 411 g/mol. The van der Waals surface area contributed by atoms with E-state index in [1.165, 1.54) is 16.6 Å². The molecule has 0 aliphatic heterocycles. The molecule has 0 saturated heterocycles. The minimum absolute atomic E-state index is 0.257. The highest BCUT2D eigenvalue weighted by Gasteiger charge is 2.15. The van der Waals surface area contributed by atoms with Crippen molar-refractivity contribution in [1.29, 1.82) is 0 Å². The average molecular weight is 412 g/mol. The number of thioether (sulfide) groups is 1. The summed E-state index contributed by atoms with van der Waals surface area (Å²) in [5, 5.41) is 14.6. The molecule has 4 rings (SSSR count). The van der Waals surface area contributed by atoms with Gasteiger partial charge in [-0.25, -0.2) is 4.98 Å². The summed E-state index contributed by atoms with van der Waals surface area (Å²) in [7, 11) is 0. The summed E-state index contributed by atoms with van der Waals surface area (Å²) in [6, 6.07) is 11.3. The number of hydrogen-bond donors (Lipinski definition) is 2. The van der Waals surface area contributed by atoms with Crippen LogP contribution in [0.2, 0.25) is 0 Å². The van der Waals surface area contributed by atoms with Gasteiger partial charge >= 0.3 is 0 Å². The molecule has 4 aromatic heterocycles. The lowest BCUT2D eigenvalue weighted by atomic mass is 10.2. The summed E-state index contributed by atoms with van der Waals surface area (Å²) in [5.74, 6) is 1.54. The fourth-order valence-corrected chi connectivity index (χ4v) is 4.29. The number of aromatic amines is 1. The molecule has 0 saturated carbocycles. The highest BCUT2D eigenvalue weighted by Crippen LogP contribution is 2.28. The van der Waals surface area contributed by atoms with Gasteiger partial charge in [0.25, 0.3) is 5.91 Å². The quantitative estimate of drug-likeness (QED) is 0.447. The van der Waals surface area contributed by atoms with Crippen LogP contribution in [0, 0.1) is 13.8 Å². The zero-order valence-electron chi connectivity index (χ0n) is 15.2. The van der Waals surface area contributed by atoms with Crippen molar-refractivity contribution < 1.29 is 9.32 Å². The molecule has 1 amide bonds. The van der Waals surface area contributed by atoms with Gasteiger partial charge in [0.2, 0.25) is 0 Å². The van der Waals surface area contributed by atoms with Crippen molar-refractivity contribution >= 4 is 34.8 Å². The Morgan fingerprint density at radius 3 is 2.93 bits per heavy atom. The van der Waals surface area contributed by atoms with E-state index < -0.39 is 0 Å². The molecule has 7 nitrogen and oxygen atoms in total. The molecule has 0 bridgehead atoms. The number of thiophene rings is 1. The van der Waals surface area contributed by atoms with Gasteiger partial charge in [-0.2, -0.15) is 5.10 Å². The number of carbonyl (C=O) groups is 1. The summed E-state index contributed by atoms with van der Waals surface area (Å²) < 4.78 is 5.08. The molecule has 28 heavy (non-hydrogen) atoms. The summed E-state index contributed by atoms with van der Waals surface area (Å²) >= 11 is 3.10. The number of nitrogens with one attached hydrogen (secondary N) is 2. The lowest BCUT2D eigenvalue weighted by molar-refractivity contribution is 0.102. The van der Waals surface area contributed by atoms with Crippen molar-refractivity contribution in [3.05, 3.63) is 64.5 Å². The van der Waals surface area contributed by atoms with E-state index in [0.29, 0.717) is 22.2 Å². The normalized spacial score (nSPS) is 10.9. The number of pyridine rings is 1. The van der Waals surface area contributed by atoms with Gasteiger partial charge in [0.05, 0.1) is 21.8 Å². The van der Waals surface area contributed by atoms with Gasteiger partial charge in [0, 0.05) is 29.0 Å². The molecule has 4 heterocycles. The molecule has 0 atom stereocenters. The molecule has 0 spiro atoms. The summed E-state index contributed by atoms with van der Waals surface area (Å²) in [6.07, 6.45) is 1.67. The van der Waals surface area contributed by atoms with Gasteiger partial charge in [-0.3, -0.25) is 9.89 Å². The number of hydrogen-bond acceptors (Lipinski definition) is 7. The van der Waals surface area contributed by atoms with Gasteiger partial charge in [0.15, 0.2) is 5.82 Å². The maximum Gasteiger partial charge on any atom is 0.259 e. The Hall–Kier alpha value is -2.91. The second-order valence-electron chi connectivity index (χ2n) is 6.10. The van der Waals surface area contributed by atoms with Gasteiger partial charge in [-0.1, -0.05) is 16.9 Å². The van der Waals surface area contributed by atoms with Crippen molar-refractivity contribution in [1.82, 2.24) is 20.3 Å². The lowest BCUT2D eigenvalue weighted by Crippen LogP contribution is -2.14. The number of rotatable bonds is 6. The first-order valence-corrected chi connectivity index (χ1v) is 10.3. The predicted molar refractivity (Wildman–Crippen MR) is 110 cm³/mol. The summed E-state index contributed by atoms with van der Waals surface area (Å²) in [5.41, 5.74) is 2.17. The van der Waals surface area contributed by atoms with Crippen LogP contribution in [0.1, 0.15) is 26.7 Å². The van der Waals surface area contributed by atoms with Crippen LogP contribution in [0.5, 0.6) is 0 Å². The van der Waals surface area contributed by atoms with E-state index in [4.69, 9.17) is 4.52 Å². The van der Waals surface area contributed by atoms with E-state index >= 15 is 0 Å². The van der Waals surface area contributed by atoms with Crippen LogP contribution in [0.15, 0.2) is 52.1 Å². The molecule has 0 unspecified atom stereocenters. The minimum atomic E-state index is -0.257. The highest BCUT2D eigenvalue weighted by molar-refractivity contribution is 7.98. The number of anilines is 1. The molecule has 0 aliphatic carbocycles. The average Bonchev–Trinajstić information content (AvgIpc) is 3.42. The Kier molecular flexibility index (Phi) is 5.27. The Bertz CT molecular complexity index is 1110. The van der Waals surface area contributed by atoms with Crippen LogP contribution in [0.25, 0.3) is 10.6 Å². The first kappa shape index (κ1) is 18.5. The van der Waals surface area contributed by atoms with Crippen LogP contribution < -0.4 is 5.32 Å². The van der Waals surface area contributed by atoms with Crippen LogP contribution in [-0.2, 0) is 5.75 Å². The molecule has 2 N–H and O–H groups in total. The fraction of sp³-hybridized carbons (Fsp3) is 0.158. The largest absolute Gasteiger partial charge is 0.361 e. The number of nitrogens with zero attached hydrogens (tertiary/aromatic N) is 3. The fourth-order valence-electron chi connectivity index (χ4n) is 2.58. The molecule has 9 heteroatoms. The van der Waals surface area contributed by atoms with Crippen LogP contribution in [0.4, 0.5) is 5.82 Å². The van der Waals surface area contributed by atoms with Crippen molar-refractivity contribution in [2.75, 3.05) is 5.32 Å². The first-order chi connectivity index (χ1) is 13.6. The van der Waals surface area contributed by atoms with E-state index in [0.717, 1.165) is 22.0 Å². The molecule has 0 aliphatic rings. The summed E-state index contributed by atoms with van der Waals surface area (Å²) in [6.45, 7) is 3.89. The van der Waals surface area contributed by atoms with Gasteiger partial charge < -0.3 is 9.84 Å². The molecule has 4 aromatic rings. The third-order valence-corrected chi connectivity index (χ3v) is 5.95. The van der Waals surface area contributed by atoms with E-state index in [-0.39, 0.29) is 5.91 Å². The molecule has 0 fully saturated rings. The van der Waals surface area contributed by atoms with Gasteiger partial charge in [-0.05, 0) is 38.1 Å². The number of aromatic nitrogens is 4. The predicted octanol–water partition coefficient (Wildman–Crippen LogP) is 4.68. The topological polar surface area (TPSA) is 96.7 Å². The molecule has 142 valence electrons. The van der Waals surface area contributed by atoms with E-state index in [1.807, 2.05) is 25.1 Å². The van der Waals surface area contributed by atoms with Crippen LogP contribution in [-0.4, -0.2) is 26.2 Å². The van der Waals surface area contributed by atoms with Crippen molar-refractivity contribution in [2.45, 2.75) is 24.6 Å². The number of H-pyrrole nitrogens is 1. The van der Waals surface area contributed by atoms with Gasteiger partial charge in [-0.15, -0.1) is 11.3 Å². The van der Waals surface area contributed by atoms with Crippen molar-refractivity contribution in [3.63, 3.8) is 0 Å². The molecular formula is C19H17N5O2S2. The Balaban J connectivity index is 1.47. The maximum atomic E-state index is 12.8. The second kappa shape index (κ2) is 7.99. The SMILES string of the molecule is Cc1cc(CSc2ncccc2C(=O)Nc2cc(-c3ccc(C)s3)[nH]n2)no1. The third kappa shape index (κ3) is 4.15. The zero-order valence-corrected chi connectivity index (χ0v) is 16.9. The Morgan fingerprint density at radius 1 is 1.29 bits per heavy atom. The van der Waals surface area contributed by atoms with Crippen molar-refractivity contribution in [2.24, 2.45) is 0 Å². The van der Waals surface area contributed by atoms with E-state index in [2.05, 4.69) is 38.6 Å². The maximum absolute atomic E-state index is 12.8. The smallest absolute Gasteiger partial charge is 0.259 e. The molecule has 0 radical (unpaired) electrons. The Labute approximate surface area is 169 Å². The first-order valence-electron chi connectivity index (χ1n) is 8.52. The van der Waals surface area contributed by atoms with Gasteiger partial charge in [0.1, 0.15) is 10.8 Å². The van der Waals surface area contributed by atoms with Crippen LogP contribution in [0.3, 0.4) is 0 Å². The summed E-state index contributed by atoms with van der Waals surface area (Å²) in [4.78, 5) is 19.4. The van der Waals surface area contributed by atoms with E-state index in [1.54, 1.807) is 29.7 Å². The molecule has 0 aromatic carbocycles. The number of amides is 1. The molecular weight excluding hydrogens is 394 g/mol. The lowest BCUT2D eigenvalue weighted by Gasteiger charge is -2.06. The standard InChI is InChI=1S/C19H17N5O2S2/c1-11-8-13(24-26-11)10-27-19-14(4-3-7-20-19)18(25)21-17-9-15(22-23-17)16-6-5-12(2)28-16/h3-9H,10H2,1-2H3,(H2,21,22,23,25). The highest BCUT2D eigenvalue weighted by atomic mass is 32.2. The zero-order chi connectivity index (χ0) is 19.5. The van der Waals surface area contributed by atoms with Crippen LogP contribution >= 0.6 is 23.1 Å². The number of aryl methyl sites for hydroxylation is 2. The Morgan fingerprint density at radius 2 is 2.18 bits per heavy atom. The van der Waals surface area contributed by atoms with E-state index in [9.17, 15) is 4.79 Å². The minimum Gasteiger partial charge on any atom is -0.361 e. The number of carbonyl (C=O) groups excluding carboxylic acids is 1. The third-order valence-electron chi connectivity index (χ3n) is 3.87. The second-order valence-corrected chi connectivity index (χ2v) is 8.36. The van der Waals surface area contributed by atoms with Crippen molar-refractivity contribution in [3.8, 4) is 10.6 Å².